The number of nitrogens with zero attached hydrogens (tertiary/aromatic N) is 2. The van der Waals surface area contributed by atoms with Crippen LogP contribution in [0.15, 0.2) is 48.5 Å². The van der Waals surface area contributed by atoms with Gasteiger partial charge in [-0.15, -0.1) is 0 Å². The number of carbonyl (C=O) groups excluding carboxylic acids is 2. The van der Waals surface area contributed by atoms with Gasteiger partial charge in [0.15, 0.2) is 0 Å². The molecule has 35 heavy (non-hydrogen) atoms. The van der Waals surface area contributed by atoms with Crippen LogP contribution in [0, 0.1) is 0 Å². The van der Waals surface area contributed by atoms with Crippen molar-refractivity contribution in [3.05, 3.63) is 64.7 Å². The summed E-state index contributed by atoms with van der Waals surface area (Å²) in [5, 5.41) is 2.02. The lowest BCUT2D eigenvalue weighted by molar-refractivity contribution is -0.138. The van der Waals surface area contributed by atoms with Gasteiger partial charge in [-0.25, -0.2) is 8.42 Å². The van der Waals surface area contributed by atoms with Crippen LogP contribution in [0.1, 0.15) is 25.0 Å². The molecule has 2 aromatic carbocycles. The summed E-state index contributed by atoms with van der Waals surface area (Å²) in [6, 6.07) is 10.8. The third kappa shape index (κ3) is 7.86. The number of likely N-dealkylation sites (N-methyl/N-ethyl adjacent to an activating group) is 1. The predicted molar refractivity (Wildman–Crippen MR) is 129 cm³/mol. The van der Waals surface area contributed by atoms with Crippen molar-refractivity contribution in [3.63, 3.8) is 0 Å². The Morgan fingerprint density at radius 3 is 2.29 bits per heavy atom. The zero-order valence-corrected chi connectivity index (χ0v) is 21.0. The second kappa shape index (κ2) is 11.8. The van der Waals surface area contributed by atoms with E-state index in [0.29, 0.717) is 23.3 Å². The molecule has 0 radical (unpaired) electrons. The van der Waals surface area contributed by atoms with Crippen molar-refractivity contribution in [3.8, 4) is 0 Å². The molecule has 0 aliphatic rings. The average molecular weight is 534 g/mol. The second-order valence-electron chi connectivity index (χ2n) is 7.82. The number of anilines is 1. The molecule has 2 rings (SSSR count). The zero-order valence-electron chi connectivity index (χ0n) is 19.5. The maximum atomic E-state index is 13.3. The lowest BCUT2D eigenvalue weighted by Crippen LogP contribution is -2.52. The Kier molecular flexibility index (Phi) is 9.56. The molecule has 1 N–H and O–H groups in total. The van der Waals surface area contributed by atoms with Gasteiger partial charge in [0.05, 0.1) is 22.5 Å². The van der Waals surface area contributed by atoms with Crippen molar-refractivity contribution in [1.82, 2.24) is 10.2 Å². The molecule has 2 amide bonds. The van der Waals surface area contributed by atoms with Gasteiger partial charge in [-0.2, -0.15) is 13.2 Å². The molecule has 0 bridgehead atoms. The summed E-state index contributed by atoms with van der Waals surface area (Å²) >= 11 is 5.65. The first-order valence-electron chi connectivity index (χ1n) is 10.7. The molecule has 0 spiro atoms. The lowest BCUT2D eigenvalue weighted by Gasteiger charge is -2.31. The van der Waals surface area contributed by atoms with Gasteiger partial charge >= 0.3 is 6.18 Å². The van der Waals surface area contributed by atoms with E-state index < -0.39 is 51.2 Å². The van der Waals surface area contributed by atoms with Crippen molar-refractivity contribution in [1.29, 1.82) is 0 Å². The summed E-state index contributed by atoms with van der Waals surface area (Å²) in [5.74, 6) is -1.18. The fraction of sp³-hybridized carbons (Fsp3) is 0.391. The molecular weight excluding hydrogens is 507 g/mol. The Balaban J connectivity index is 2.40. The van der Waals surface area contributed by atoms with E-state index in [4.69, 9.17) is 11.6 Å². The van der Waals surface area contributed by atoms with E-state index >= 15 is 0 Å². The molecule has 12 heteroatoms. The maximum absolute atomic E-state index is 13.3. The quantitative estimate of drug-likeness (QED) is 0.504. The molecule has 0 aromatic heterocycles. The van der Waals surface area contributed by atoms with E-state index in [1.54, 1.807) is 6.92 Å². The van der Waals surface area contributed by atoms with E-state index in [-0.39, 0.29) is 12.2 Å². The second-order valence-corrected chi connectivity index (χ2v) is 10.1. The number of carbonyl (C=O) groups is 2. The molecule has 0 fully saturated rings. The Hall–Kier alpha value is -2.79. The topological polar surface area (TPSA) is 86.8 Å². The smallest absolute Gasteiger partial charge is 0.355 e. The van der Waals surface area contributed by atoms with Crippen molar-refractivity contribution < 1.29 is 31.2 Å². The summed E-state index contributed by atoms with van der Waals surface area (Å²) in [6.45, 7) is 2.83. The maximum Gasteiger partial charge on any atom is 0.417 e. The SMILES string of the molecule is CCNC(=O)C(C)N(CCc1ccccc1)C(=O)CN(c1ccc(Cl)c(C(F)(F)F)c1)S(C)(=O)=O. The van der Waals surface area contributed by atoms with Gasteiger partial charge in [-0.3, -0.25) is 13.9 Å². The van der Waals surface area contributed by atoms with Gasteiger partial charge in [-0.05, 0) is 44.0 Å². The number of benzene rings is 2. The largest absolute Gasteiger partial charge is 0.417 e. The highest BCUT2D eigenvalue weighted by molar-refractivity contribution is 7.92. The van der Waals surface area contributed by atoms with Crippen molar-refractivity contribution >= 4 is 39.1 Å². The summed E-state index contributed by atoms with van der Waals surface area (Å²) in [4.78, 5) is 27.0. The van der Waals surface area contributed by atoms with Gasteiger partial charge in [-0.1, -0.05) is 41.9 Å². The fourth-order valence-corrected chi connectivity index (χ4v) is 4.46. The molecule has 0 saturated carbocycles. The minimum absolute atomic E-state index is 0.0904. The van der Waals surface area contributed by atoms with Crippen molar-refractivity contribution in [2.75, 3.05) is 30.2 Å². The molecule has 192 valence electrons. The fourth-order valence-electron chi connectivity index (χ4n) is 3.39. The van der Waals surface area contributed by atoms with Crippen LogP contribution in [0.4, 0.5) is 18.9 Å². The van der Waals surface area contributed by atoms with Crippen LogP contribution in [0.2, 0.25) is 5.02 Å². The van der Waals surface area contributed by atoms with Crippen LogP contribution in [0.25, 0.3) is 0 Å². The Bertz CT molecular complexity index is 1140. The molecule has 1 atom stereocenters. The van der Waals surface area contributed by atoms with Crippen LogP contribution in [-0.4, -0.2) is 57.1 Å². The van der Waals surface area contributed by atoms with Gasteiger partial charge in [0.1, 0.15) is 12.6 Å². The summed E-state index contributed by atoms with van der Waals surface area (Å²) in [7, 11) is -4.17. The average Bonchev–Trinajstić information content (AvgIpc) is 2.77. The Morgan fingerprint density at radius 2 is 1.74 bits per heavy atom. The normalized spacial score (nSPS) is 12.7. The lowest BCUT2D eigenvalue weighted by atomic mass is 10.1. The van der Waals surface area contributed by atoms with Crippen molar-refractivity contribution in [2.24, 2.45) is 0 Å². The molecule has 1 unspecified atom stereocenters. The number of hydrogen-bond acceptors (Lipinski definition) is 4. The third-order valence-corrected chi connectivity index (χ3v) is 6.70. The first-order chi connectivity index (χ1) is 16.3. The molecule has 7 nitrogen and oxygen atoms in total. The highest BCUT2D eigenvalue weighted by Gasteiger charge is 2.35. The molecule has 0 heterocycles. The van der Waals surface area contributed by atoms with Crippen LogP contribution in [-0.2, 0) is 32.2 Å². The summed E-state index contributed by atoms with van der Waals surface area (Å²) in [5.41, 5.74) is -0.707. The Labute approximate surface area is 207 Å². The van der Waals surface area contributed by atoms with Crippen LogP contribution in [0.5, 0.6) is 0 Å². The number of halogens is 4. The van der Waals surface area contributed by atoms with Gasteiger partial charge in [0, 0.05) is 13.1 Å². The van der Waals surface area contributed by atoms with E-state index in [0.717, 1.165) is 24.0 Å². The number of sulfonamides is 1. The molecular formula is C23H27ClF3N3O4S. The minimum Gasteiger partial charge on any atom is -0.355 e. The number of nitrogens with one attached hydrogen (secondary N) is 1. The summed E-state index contributed by atoms with van der Waals surface area (Å²) in [6.07, 6.45) is -3.66. The standard InChI is InChI=1S/C23H27ClF3N3O4S/c1-4-28-22(32)16(2)29(13-12-17-8-6-5-7-9-17)21(31)15-30(35(3,33)34)18-10-11-20(24)19(14-18)23(25,26)27/h5-11,14,16H,4,12-13,15H2,1-3H3,(H,28,32). The molecule has 0 saturated heterocycles. The van der Waals surface area contributed by atoms with E-state index in [9.17, 15) is 31.2 Å². The highest BCUT2D eigenvalue weighted by atomic mass is 35.5. The molecule has 0 aliphatic heterocycles. The summed E-state index contributed by atoms with van der Waals surface area (Å²) < 4.78 is 65.5. The van der Waals surface area contributed by atoms with Crippen LogP contribution in [0.3, 0.4) is 0 Å². The number of alkyl halides is 3. The predicted octanol–water partition coefficient (Wildman–Crippen LogP) is 3.72. The number of hydrogen-bond donors (Lipinski definition) is 1. The van der Waals surface area contributed by atoms with Crippen LogP contribution >= 0.6 is 11.6 Å². The molecule has 2 aromatic rings. The van der Waals surface area contributed by atoms with Gasteiger partial charge in [0.25, 0.3) is 0 Å². The minimum atomic E-state index is -4.82. The van der Waals surface area contributed by atoms with Crippen LogP contribution < -0.4 is 9.62 Å². The monoisotopic (exact) mass is 533 g/mol. The van der Waals surface area contributed by atoms with Gasteiger partial charge in [0.2, 0.25) is 21.8 Å². The highest BCUT2D eigenvalue weighted by Crippen LogP contribution is 2.37. The van der Waals surface area contributed by atoms with E-state index in [1.807, 2.05) is 30.3 Å². The third-order valence-electron chi connectivity index (χ3n) is 5.23. The van der Waals surface area contributed by atoms with E-state index in [1.165, 1.54) is 11.8 Å². The van der Waals surface area contributed by atoms with E-state index in [2.05, 4.69) is 5.32 Å². The Morgan fingerprint density at radius 1 is 1.11 bits per heavy atom. The van der Waals surface area contributed by atoms with Gasteiger partial charge < -0.3 is 10.2 Å². The van der Waals surface area contributed by atoms with Crippen molar-refractivity contribution in [2.45, 2.75) is 32.5 Å². The first kappa shape index (κ1) is 28.4. The first-order valence-corrected chi connectivity index (χ1v) is 12.9. The number of amides is 2. The zero-order chi connectivity index (χ0) is 26.4. The number of rotatable bonds is 10. The molecule has 0 aliphatic carbocycles.